The molecule has 112 valence electrons. The van der Waals surface area contributed by atoms with E-state index in [4.69, 9.17) is 16.0 Å². The molecule has 4 nitrogen and oxygen atoms in total. The largest absolute Gasteiger partial charge is 0.468 e. The van der Waals surface area contributed by atoms with Crippen LogP contribution in [0.4, 0.5) is 10.5 Å². The van der Waals surface area contributed by atoms with Crippen molar-refractivity contribution >= 4 is 35.1 Å². The van der Waals surface area contributed by atoms with E-state index in [2.05, 4.69) is 10.6 Å². The fraction of sp³-hybridized carbons (Fsp3) is 0.267. The average Bonchev–Trinajstić information content (AvgIpc) is 2.96. The smallest absolute Gasteiger partial charge is 0.319 e. The number of nitrogens with one attached hydrogen (secondary N) is 2. The Bertz CT molecular complexity index is 587. The molecule has 0 aliphatic rings. The van der Waals surface area contributed by atoms with Gasteiger partial charge in [0.25, 0.3) is 0 Å². The highest BCUT2D eigenvalue weighted by atomic mass is 35.5. The number of hydrogen-bond acceptors (Lipinski definition) is 3. The third-order valence-corrected chi connectivity index (χ3v) is 4.02. The first-order valence-corrected chi connectivity index (χ1v) is 8.09. The molecule has 0 aliphatic heterocycles. The minimum atomic E-state index is -0.223. The number of furan rings is 1. The van der Waals surface area contributed by atoms with Crippen LogP contribution in [0.25, 0.3) is 0 Å². The molecule has 0 atom stereocenters. The van der Waals surface area contributed by atoms with Crippen molar-refractivity contribution in [2.45, 2.75) is 12.7 Å². The molecule has 0 saturated heterocycles. The van der Waals surface area contributed by atoms with Crippen LogP contribution in [0.1, 0.15) is 11.3 Å². The van der Waals surface area contributed by atoms with E-state index in [0.29, 0.717) is 11.6 Å². The van der Waals surface area contributed by atoms with Crippen molar-refractivity contribution in [3.63, 3.8) is 0 Å². The number of anilines is 1. The lowest BCUT2D eigenvalue weighted by Crippen LogP contribution is -2.30. The highest BCUT2D eigenvalue weighted by Gasteiger charge is 2.04. The van der Waals surface area contributed by atoms with Crippen molar-refractivity contribution in [3.05, 3.63) is 52.9 Å². The molecule has 0 radical (unpaired) electrons. The number of hydrogen-bond donors (Lipinski definition) is 2. The van der Waals surface area contributed by atoms with Crippen molar-refractivity contribution in [1.29, 1.82) is 0 Å². The average molecular weight is 325 g/mol. The molecule has 0 aliphatic carbocycles. The van der Waals surface area contributed by atoms with Gasteiger partial charge in [-0.1, -0.05) is 17.7 Å². The molecule has 0 spiro atoms. The first-order chi connectivity index (χ1) is 10.1. The summed E-state index contributed by atoms with van der Waals surface area (Å²) in [5, 5.41) is 6.21. The lowest BCUT2D eigenvalue weighted by Gasteiger charge is -2.10. The van der Waals surface area contributed by atoms with Crippen LogP contribution in [-0.2, 0) is 5.75 Å². The van der Waals surface area contributed by atoms with Crippen LogP contribution in [0.5, 0.6) is 0 Å². The van der Waals surface area contributed by atoms with Gasteiger partial charge < -0.3 is 15.1 Å². The van der Waals surface area contributed by atoms with Gasteiger partial charge in [0.1, 0.15) is 5.76 Å². The van der Waals surface area contributed by atoms with E-state index < -0.39 is 0 Å². The van der Waals surface area contributed by atoms with Crippen molar-refractivity contribution in [1.82, 2.24) is 5.32 Å². The molecule has 2 rings (SSSR count). The molecule has 6 heteroatoms. The topological polar surface area (TPSA) is 54.3 Å². The van der Waals surface area contributed by atoms with Crippen LogP contribution < -0.4 is 10.6 Å². The van der Waals surface area contributed by atoms with Crippen LogP contribution in [0.3, 0.4) is 0 Å². The molecule has 0 saturated carbocycles. The number of benzene rings is 1. The molecule has 21 heavy (non-hydrogen) atoms. The zero-order valence-corrected chi connectivity index (χ0v) is 13.3. The number of thioether (sulfide) groups is 1. The van der Waals surface area contributed by atoms with E-state index >= 15 is 0 Å². The van der Waals surface area contributed by atoms with Gasteiger partial charge in [0.15, 0.2) is 0 Å². The quantitative estimate of drug-likeness (QED) is 0.779. The van der Waals surface area contributed by atoms with Crippen LogP contribution in [0.2, 0.25) is 5.02 Å². The van der Waals surface area contributed by atoms with Crippen LogP contribution in [-0.4, -0.2) is 18.3 Å². The van der Waals surface area contributed by atoms with Crippen LogP contribution in [0.15, 0.2) is 41.0 Å². The van der Waals surface area contributed by atoms with E-state index in [-0.39, 0.29) is 6.03 Å². The Kier molecular flexibility index (Phi) is 6.02. The second kappa shape index (κ2) is 8.00. The second-order valence-electron chi connectivity index (χ2n) is 4.47. The van der Waals surface area contributed by atoms with Gasteiger partial charge in [-0.25, -0.2) is 4.79 Å². The maximum Gasteiger partial charge on any atom is 0.319 e. The minimum Gasteiger partial charge on any atom is -0.468 e. The van der Waals surface area contributed by atoms with Gasteiger partial charge in [0, 0.05) is 23.0 Å². The van der Waals surface area contributed by atoms with E-state index in [0.717, 1.165) is 28.5 Å². The fourth-order valence-corrected chi connectivity index (χ4v) is 2.63. The Morgan fingerprint density at radius 1 is 1.38 bits per heavy atom. The minimum absolute atomic E-state index is 0.223. The Morgan fingerprint density at radius 3 is 3.00 bits per heavy atom. The maximum atomic E-state index is 11.8. The highest BCUT2D eigenvalue weighted by molar-refractivity contribution is 7.98. The Morgan fingerprint density at radius 2 is 2.24 bits per heavy atom. The van der Waals surface area contributed by atoms with Gasteiger partial charge in [-0.3, -0.25) is 0 Å². The predicted molar refractivity (Wildman–Crippen MR) is 88.1 cm³/mol. The zero-order valence-electron chi connectivity index (χ0n) is 11.7. The van der Waals surface area contributed by atoms with Gasteiger partial charge >= 0.3 is 6.03 Å². The van der Waals surface area contributed by atoms with Crippen LogP contribution >= 0.6 is 23.4 Å². The van der Waals surface area contributed by atoms with Crippen molar-refractivity contribution < 1.29 is 9.21 Å². The summed E-state index contributed by atoms with van der Waals surface area (Å²) in [4.78, 5) is 11.8. The van der Waals surface area contributed by atoms with E-state index in [1.165, 1.54) is 0 Å². The Hall–Kier alpha value is -1.59. The summed E-state index contributed by atoms with van der Waals surface area (Å²) in [5.41, 5.74) is 1.70. The number of carbonyl (C=O) groups is 1. The lowest BCUT2D eigenvalue weighted by atomic mass is 10.2. The lowest BCUT2D eigenvalue weighted by molar-refractivity contribution is 0.252. The van der Waals surface area contributed by atoms with Crippen LogP contribution in [0, 0.1) is 6.92 Å². The van der Waals surface area contributed by atoms with E-state index in [9.17, 15) is 4.79 Å². The number of urea groups is 1. The molecular formula is C15H17ClN2O2S. The molecule has 1 aromatic heterocycles. The monoisotopic (exact) mass is 324 g/mol. The number of rotatable bonds is 6. The maximum absolute atomic E-state index is 11.8. The summed E-state index contributed by atoms with van der Waals surface area (Å²) < 4.78 is 5.23. The summed E-state index contributed by atoms with van der Waals surface area (Å²) in [6.45, 7) is 2.52. The first-order valence-electron chi connectivity index (χ1n) is 6.56. The zero-order chi connectivity index (χ0) is 15.1. The normalized spacial score (nSPS) is 10.4. The second-order valence-corrected chi connectivity index (χ2v) is 6.01. The Labute approximate surface area is 133 Å². The van der Waals surface area contributed by atoms with E-state index in [1.807, 2.05) is 25.1 Å². The number of aryl methyl sites for hydroxylation is 1. The summed E-state index contributed by atoms with van der Waals surface area (Å²) in [6.07, 6.45) is 1.66. The van der Waals surface area contributed by atoms with E-state index in [1.54, 1.807) is 30.2 Å². The van der Waals surface area contributed by atoms with Gasteiger partial charge in [0.05, 0.1) is 12.0 Å². The summed E-state index contributed by atoms with van der Waals surface area (Å²) in [5.74, 6) is 2.57. The summed E-state index contributed by atoms with van der Waals surface area (Å²) in [7, 11) is 0. The number of carbonyl (C=O) groups excluding carboxylic acids is 1. The SMILES string of the molecule is Cc1ccc(Cl)cc1NC(=O)NCCSCc1ccco1. The van der Waals surface area contributed by atoms with Gasteiger partial charge in [-0.2, -0.15) is 11.8 Å². The number of halogens is 1. The highest BCUT2D eigenvalue weighted by Crippen LogP contribution is 2.19. The molecule has 0 unspecified atom stereocenters. The molecular weight excluding hydrogens is 308 g/mol. The molecule has 0 bridgehead atoms. The summed E-state index contributed by atoms with van der Waals surface area (Å²) >= 11 is 7.62. The third kappa shape index (κ3) is 5.36. The standard InChI is InChI=1S/C15H17ClN2O2S/c1-11-4-5-12(16)9-14(11)18-15(19)17-6-8-21-10-13-3-2-7-20-13/h2-5,7,9H,6,8,10H2,1H3,(H2,17,18,19). The van der Waals surface area contributed by atoms with Crippen molar-refractivity contribution in [2.24, 2.45) is 0 Å². The molecule has 1 heterocycles. The first kappa shape index (κ1) is 15.8. The fourth-order valence-electron chi connectivity index (χ4n) is 1.70. The molecule has 2 N–H and O–H groups in total. The van der Waals surface area contributed by atoms with Gasteiger partial charge in [-0.05, 0) is 36.8 Å². The molecule has 2 aromatic rings. The molecule has 1 aromatic carbocycles. The van der Waals surface area contributed by atoms with Crippen molar-refractivity contribution in [3.8, 4) is 0 Å². The van der Waals surface area contributed by atoms with Gasteiger partial charge in [0.2, 0.25) is 0 Å². The predicted octanol–water partition coefficient (Wildman–Crippen LogP) is 4.30. The third-order valence-electron chi connectivity index (χ3n) is 2.80. The number of amides is 2. The Balaban J connectivity index is 1.66. The van der Waals surface area contributed by atoms with Crippen molar-refractivity contribution in [2.75, 3.05) is 17.6 Å². The van der Waals surface area contributed by atoms with Gasteiger partial charge in [-0.15, -0.1) is 0 Å². The molecule has 2 amide bonds. The summed E-state index contributed by atoms with van der Waals surface area (Å²) in [6, 6.07) is 8.99. The molecule has 0 fully saturated rings.